The Kier molecular flexibility index (Phi) is 6.00. The minimum absolute atomic E-state index is 0.592. The van der Waals surface area contributed by atoms with Crippen molar-refractivity contribution in [1.82, 2.24) is 15.3 Å². The first-order chi connectivity index (χ1) is 13.9. The summed E-state index contributed by atoms with van der Waals surface area (Å²) in [5, 5.41) is 3.51. The lowest BCUT2D eigenvalue weighted by atomic mass is 10.2. The summed E-state index contributed by atoms with van der Waals surface area (Å²) < 4.78 is 5.91. The molecular weight excluding hydrogens is 346 g/mol. The summed E-state index contributed by atoms with van der Waals surface area (Å²) in [6, 6.07) is 26.7. The molecule has 0 unspecified atom stereocenters. The summed E-state index contributed by atoms with van der Waals surface area (Å²) in [5.74, 6) is 1.96. The Morgan fingerprint density at radius 2 is 1.68 bits per heavy atom. The number of benzene rings is 3. The van der Waals surface area contributed by atoms with Gasteiger partial charge >= 0.3 is 0 Å². The third-order valence-electron chi connectivity index (χ3n) is 4.68. The van der Waals surface area contributed by atoms with Crippen molar-refractivity contribution in [3.8, 4) is 5.75 Å². The van der Waals surface area contributed by atoms with Crippen molar-refractivity contribution < 1.29 is 4.74 Å². The molecule has 2 N–H and O–H groups in total. The molecule has 0 aliphatic carbocycles. The van der Waals surface area contributed by atoms with Gasteiger partial charge in [-0.1, -0.05) is 54.6 Å². The van der Waals surface area contributed by atoms with E-state index in [0.29, 0.717) is 6.61 Å². The number of hydrogen-bond acceptors (Lipinski definition) is 3. The third kappa shape index (κ3) is 4.99. The molecule has 0 atom stereocenters. The molecule has 4 nitrogen and oxygen atoms in total. The Hall–Kier alpha value is -3.11. The zero-order valence-electron chi connectivity index (χ0n) is 15.9. The molecule has 0 spiro atoms. The highest BCUT2D eigenvalue weighted by molar-refractivity contribution is 5.74. The van der Waals surface area contributed by atoms with Gasteiger partial charge in [-0.3, -0.25) is 0 Å². The molecule has 0 amide bonds. The molecule has 0 radical (unpaired) electrons. The molecule has 0 aliphatic rings. The first-order valence-corrected chi connectivity index (χ1v) is 9.77. The highest BCUT2D eigenvalue weighted by atomic mass is 16.5. The first-order valence-electron chi connectivity index (χ1n) is 9.77. The van der Waals surface area contributed by atoms with Crippen molar-refractivity contribution in [3.05, 3.63) is 95.8 Å². The minimum atomic E-state index is 0.592. The monoisotopic (exact) mass is 371 g/mol. The van der Waals surface area contributed by atoms with Crippen LogP contribution in [0.2, 0.25) is 0 Å². The van der Waals surface area contributed by atoms with Gasteiger partial charge in [0.05, 0.1) is 11.0 Å². The summed E-state index contributed by atoms with van der Waals surface area (Å²) in [4.78, 5) is 8.01. The number of aromatic amines is 1. The predicted molar refractivity (Wildman–Crippen MR) is 113 cm³/mol. The number of aromatic nitrogens is 2. The number of fused-ring (bicyclic) bond motifs is 1. The van der Waals surface area contributed by atoms with E-state index in [1.165, 1.54) is 11.1 Å². The molecule has 1 aromatic heterocycles. The summed E-state index contributed by atoms with van der Waals surface area (Å²) in [5.41, 5.74) is 4.56. The second-order valence-corrected chi connectivity index (χ2v) is 6.90. The standard InChI is InChI=1S/C24H25N3O/c1-2-8-19(9-3-1)18-28-21-11-6-10-20(16-21)17-25-15-7-14-24-26-22-12-4-5-13-23(22)27-24/h1-6,8-13,16,25H,7,14-15,17-18H2,(H,26,27). The van der Waals surface area contributed by atoms with Crippen LogP contribution in [-0.4, -0.2) is 16.5 Å². The molecule has 142 valence electrons. The normalized spacial score (nSPS) is 11.0. The number of nitrogens with one attached hydrogen (secondary N) is 2. The Balaban J connectivity index is 1.20. The van der Waals surface area contributed by atoms with Crippen LogP contribution in [0.3, 0.4) is 0 Å². The fourth-order valence-corrected chi connectivity index (χ4v) is 3.22. The van der Waals surface area contributed by atoms with Crippen LogP contribution in [0.4, 0.5) is 0 Å². The van der Waals surface area contributed by atoms with Crippen LogP contribution in [-0.2, 0) is 19.6 Å². The SMILES string of the molecule is c1ccc(COc2cccc(CNCCCc3nc4ccccc4[nH]3)c2)cc1. The molecule has 4 rings (SSSR count). The van der Waals surface area contributed by atoms with E-state index >= 15 is 0 Å². The van der Waals surface area contributed by atoms with Crippen LogP contribution in [0.25, 0.3) is 11.0 Å². The fraction of sp³-hybridized carbons (Fsp3) is 0.208. The predicted octanol–water partition coefficient (Wildman–Crippen LogP) is 4.86. The lowest BCUT2D eigenvalue weighted by molar-refractivity contribution is 0.306. The largest absolute Gasteiger partial charge is 0.489 e. The summed E-state index contributed by atoms with van der Waals surface area (Å²) in [6.07, 6.45) is 1.99. The number of nitrogens with zero attached hydrogens (tertiary/aromatic N) is 1. The quantitative estimate of drug-likeness (QED) is 0.413. The number of imidazole rings is 1. The minimum Gasteiger partial charge on any atom is -0.489 e. The lowest BCUT2D eigenvalue weighted by Crippen LogP contribution is -2.15. The smallest absolute Gasteiger partial charge is 0.120 e. The van der Waals surface area contributed by atoms with E-state index in [2.05, 4.69) is 45.6 Å². The highest BCUT2D eigenvalue weighted by Crippen LogP contribution is 2.15. The van der Waals surface area contributed by atoms with Gasteiger partial charge in [-0.15, -0.1) is 0 Å². The molecule has 28 heavy (non-hydrogen) atoms. The molecular formula is C24H25N3O. The average molecular weight is 371 g/mol. The zero-order chi connectivity index (χ0) is 19.0. The molecule has 4 heteroatoms. The van der Waals surface area contributed by atoms with Crippen molar-refractivity contribution in [3.63, 3.8) is 0 Å². The maximum Gasteiger partial charge on any atom is 0.120 e. The molecule has 0 aliphatic heterocycles. The van der Waals surface area contributed by atoms with Gasteiger partial charge < -0.3 is 15.0 Å². The van der Waals surface area contributed by atoms with Gasteiger partial charge in [0.2, 0.25) is 0 Å². The van der Waals surface area contributed by atoms with Gasteiger partial charge in [0.1, 0.15) is 18.2 Å². The van der Waals surface area contributed by atoms with Gasteiger partial charge in [-0.2, -0.15) is 0 Å². The van der Waals surface area contributed by atoms with E-state index in [4.69, 9.17) is 4.74 Å². The van der Waals surface area contributed by atoms with Crippen LogP contribution in [0.5, 0.6) is 5.75 Å². The fourth-order valence-electron chi connectivity index (χ4n) is 3.22. The molecule has 0 fully saturated rings. The number of rotatable bonds is 9. The van der Waals surface area contributed by atoms with E-state index in [0.717, 1.165) is 48.5 Å². The van der Waals surface area contributed by atoms with Crippen LogP contribution in [0, 0.1) is 0 Å². The molecule has 4 aromatic rings. The molecule has 0 saturated carbocycles. The summed E-state index contributed by atoms with van der Waals surface area (Å²) >= 11 is 0. The van der Waals surface area contributed by atoms with E-state index in [1.54, 1.807) is 0 Å². The van der Waals surface area contributed by atoms with Gasteiger partial charge in [0.25, 0.3) is 0 Å². The second-order valence-electron chi connectivity index (χ2n) is 6.90. The second kappa shape index (κ2) is 9.20. The zero-order valence-corrected chi connectivity index (χ0v) is 15.9. The maximum absolute atomic E-state index is 5.91. The molecule has 0 saturated heterocycles. The Bertz CT molecular complexity index is 977. The van der Waals surface area contributed by atoms with Gasteiger partial charge in [0, 0.05) is 13.0 Å². The van der Waals surface area contributed by atoms with Gasteiger partial charge in [-0.05, 0) is 48.4 Å². The van der Waals surface area contributed by atoms with Crippen LogP contribution < -0.4 is 10.1 Å². The van der Waals surface area contributed by atoms with Crippen molar-refractivity contribution in [2.75, 3.05) is 6.54 Å². The van der Waals surface area contributed by atoms with Crippen molar-refractivity contribution in [2.24, 2.45) is 0 Å². The van der Waals surface area contributed by atoms with Crippen molar-refractivity contribution in [1.29, 1.82) is 0 Å². The van der Waals surface area contributed by atoms with Crippen LogP contribution in [0.15, 0.2) is 78.9 Å². The Morgan fingerprint density at radius 1 is 0.857 bits per heavy atom. The third-order valence-corrected chi connectivity index (χ3v) is 4.68. The number of ether oxygens (including phenoxy) is 1. The number of hydrogen-bond donors (Lipinski definition) is 2. The van der Waals surface area contributed by atoms with Crippen LogP contribution >= 0.6 is 0 Å². The lowest BCUT2D eigenvalue weighted by Gasteiger charge is -2.09. The van der Waals surface area contributed by atoms with E-state index in [-0.39, 0.29) is 0 Å². The maximum atomic E-state index is 5.91. The molecule has 3 aromatic carbocycles. The highest BCUT2D eigenvalue weighted by Gasteiger charge is 2.02. The first kappa shape index (κ1) is 18.3. The summed E-state index contributed by atoms with van der Waals surface area (Å²) in [6.45, 7) is 2.38. The van der Waals surface area contributed by atoms with E-state index < -0.39 is 0 Å². The van der Waals surface area contributed by atoms with Crippen LogP contribution in [0.1, 0.15) is 23.4 Å². The molecule has 1 heterocycles. The summed E-state index contributed by atoms with van der Waals surface area (Å²) in [7, 11) is 0. The van der Waals surface area contributed by atoms with E-state index in [1.807, 2.05) is 48.5 Å². The number of aryl methyl sites for hydroxylation is 1. The Morgan fingerprint density at radius 3 is 2.57 bits per heavy atom. The average Bonchev–Trinajstić information content (AvgIpc) is 3.16. The van der Waals surface area contributed by atoms with Crippen molar-refractivity contribution >= 4 is 11.0 Å². The van der Waals surface area contributed by atoms with E-state index in [9.17, 15) is 0 Å². The molecule has 0 bridgehead atoms. The number of para-hydroxylation sites is 2. The van der Waals surface area contributed by atoms with Gasteiger partial charge in [0.15, 0.2) is 0 Å². The van der Waals surface area contributed by atoms with Crippen molar-refractivity contribution in [2.45, 2.75) is 26.0 Å². The Labute approximate surface area is 165 Å². The topological polar surface area (TPSA) is 49.9 Å². The number of H-pyrrole nitrogens is 1. The van der Waals surface area contributed by atoms with Gasteiger partial charge in [-0.25, -0.2) is 4.98 Å².